The minimum atomic E-state index is -1.27. The van der Waals surface area contributed by atoms with Crippen molar-refractivity contribution in [3.8, 4) is 0 Å². The molecule has 13 heavy (non-hydrogen) atoms. The van der Waals surface area contributed by atoms with E-state index in [4.69, 9.17) is 9.84 Å². The Balaban J connectivity index is 2.58. The van der Waals surface area contributed by atoms with E-state index in [2.05, 4.69) is 5.32 Å². The molecule has 4 N–H and O–H groups in total. The van der Waals surface area contributed by atoms with Gasteiger partial charge in [-0.25, -0.2) is 0 Å². The number of carbonyl (C=O) groups excluding carboxylic acids is 1. The zero-order valence-corrected chi connectivity index (χ0v) is 7.17. The van der Waals surface area contributed by atoms with Crippen LogP contribution in [0, 0.1) is 0 Å². The molecule has 0 spiro atoms. The van der Waals surface area contributed by atoms with Gasteiger partial charge in [0.25, 0.3) is 0 Å². The number of ether oxygens (including phenoxy) is 1. The lowest BCUT2D eigenvalue weighted by atomic mass is 10.1. The van der Waals surface area contributed by atoms with E-state index in [0.717, 1.165) is 0 Å². The predicted molar refractivity (Wildman–Crippen MR) is 41.6 cm³/mol. The van der Waals surface area contributed by atoms with Crippen molar-refractivity contribution in [1.82, 2.24) is 5.32 Å². The molecule has 0 aromatic rings. The summed E-state index contributed by atoms with van der Waals surface area (Å²) < 4.78 is 4.78. The van der Waals surface area contributed by atoms with E-state index in [1.54, 1.807) is 0 Å². The van der Waals surface area contributed by atoms with Gasteiger partial charge in [-0.1, -0.05) is 0 Å². The fourth-order valence-corrected chi connectivity index (χ4v) is 1.29. The summed E-state index contributed by atoms with van der Waals surface area (Å²) in [6.07, 6.45) is -3.19. The molecule has 1 aliphatic rings. The summed E-state index contributed by atoms with van der Waals surface area (Å²) in [6.45, 7) is 0.875. The van der Waals surface area contributed by atoms with E-state index < -0.39 is 31.1 Å². The number of nitrogens with one attached hydrogen (secondary N) is 1. The van der Waals surface area contributed by atoms with E-state index in [1.807, 2.05) is 0 Å². The lowest BCUT2D eigenvalue weighted by molar-refractivity contribution is -0.127. The fraction of sp³-hybridized carbons (Fsp3) is 0.857. The van der Waals surface area contributed by atoms with Gasteiger partial charge in [0.2, 0.25) is 5.91 Å². The largest absolute Gasteiger partial charge is 0.394 e. The van der Waals surface area contributed by atoms with E-state index in [9.17, 15) is 15.0 Å². The summed E-state index contributed by atoms with van der Waals surface area (Å²) in [7, 11) is 0. The minimum Gasteiger partial charge on any atom is -0.394 e. The van der Waals surface area contributed by atoms with Crippen LogP contribution in [0.1, 0.15) is 6.92 Å². The molecule has 1 saturated heterocycles. The van der Waals surface area contributed by atoms with Gasteiger partial charge >= 0.3 is 0 Å². The molecule has 0 unspecified atom stereocenters. The second kappa shape index (κ2) is 4.01. The van der Waals surface area contributed by atoms with E-state index in [-0.39, 0.29) is 5.91 Å². The van der Waals surface area contributed by atoms with E-state index >= 15 is 0 Å². The highest BCUT2D eigenvalue weighted by Gasteiger charge is 2.42. The summed E-state index contributed by atoms with van der Waals surface area (Å²) in [4.78, 5) is 10.6. The summed E-state index contributed by atoms with van der Waals surface area (Å²) in [5, 5.41) is 29.6. The number of amides is 1. The van der Waals surface area contributed by atoms with Crippen LogP contribution in [0.3, 0.4) is 0 Å². The van der Waals surface area contributed by atoms with Crippen molar-refractivity contribution in [2.24, 2.45) is 0 Å². The molecular weight excluding hydrogens is 178 g/mol. The van der Waals surface area contributed by atoms with Crippen LogP contribution in [0.2, 0.25) is 0 Å². The lowest BCUT2D eigenvalue weighted by Crippen LogP contribution is -2.47. The Hall–Kier alpha value is -0.690. The van der Waals surface area contributed by atoms with Crippen molar-refractivity contribution in [2.45, 2.75) is 31.5 Å². The topological polar surface area (TPSA) is 99.0 Å². The first-order valence-corrected chi connectivity index (χ1v) is 3.96. The Bertz CT molecular complexity index is 197. The first-order valence-electron chi connectivity index (χ1n) is 3.96. The van der Waals surface area contributed by atoms with Gasteiger partial charge in [-0.2, -0.15) is 0 Å². The first kappa shape index (κ1) is 10.4. The van der Waals surface area contributed by atoms with Gasteiger partial charge in [-0.05, 0) is 0 Å². The summed E-state index contributed by atoms with van der Waals surface area (Å²) in [5.41, 5.74) is 0. The molecule has 0 aromatic heterocycles. The lowest BCUT2D eigenvalue weighted by Gasteiger charge is -2.17. The fourth-order valence-electron chi connectivity index (χ4n) is 1.29. The van der Waals surface area contributed by atoms with Gasteiger partial charge in [-0.3, -0.25) is 4.79 Å². The van der Waals surface area contributed by atoms with E-state index in [0.29, 0.717) is 0 Å². The van der Waals surface area contributed by atoms with Crippen molar-refractivity contribution in [3.63, 3.8) is 0 Å². The van der Waals surface area contributed by atoms with Crippen LogP contribution in [0.15, 0.2) is 0 Å². The molecule has 6 nitrogen and oxygen atoms in total. The Kier molecular flexibility index (Phi) is 3.21. The molecule has 0 radical (unpaired) electrons. The zero-order chi connectivity index (χ0) is 10.0. The molecule has 1 heterocycles. The molecule has 4 atom stereocenters. The second-order valence-corrected chi connectivity index (χ2v) is 2.96. The van der Waals surface area contributed by atoms with Crippen LogP contribution in [0.5, 0.6) is 0 Å². The number of hydrogen-bond acceptors (Lipinski definition) is 5. The monoisotopic (exact) mass is 191 g/mol. The van der Waals surface area contributed by atoms with Gasteiger partial charge in [0.15, 0.2) is 6.29 Å². The average molecular weight is 191 g/mol. The van der Waals surface area contributed by atoms with Crippen LogP contribution in [0.4, 0.5) is 0 Å². The van der Waals surface area contributed by atoms with Crippen molar-refractivity contribution >= 4 is 5.91 Å². The SMILES string of the molecule is CC(=O)N[C@H]1[C@H](O)[C@@H](CO)O[C@H]1O. The van der Waals surface area contributed by atoms with Gasteiger partial charge in [-0.15, -0.1) is 0 Å². The van der Waals surface area contributed by atoms with Crippen LogP contribution in [-0.2, 0) is 9.53 Å². The Morgan fingerprint density at radius 2 is 2.15 bits per heavy atom. The van der Waals surface area contributed by atoms with Crippen molar-refractivity contribution < 1.29 is 24.9 Å². The second-order valence-electron chi connectivity index (χ2n) is 2.96. The molecule has 1 fully saturated rings. The molecule has 0 aliphatic carbocycles. The third-order valence-electron chi connectivity index (χ3n) is 1.92. The van der Waals surface area contributed by atoms with Crippen LogP contribution < -0.4 is 5.32 Å². The van der Waals surface area contributed by atoms with Gasteiger partial charge in [0, 0.05) is 6.92 Å². The Labute approximate surface area is 75.1 Å². The molecule has 6 heteroatoms. The summed E-state index contributed by atoms with van der Waals surface area (Å²) in [6, 6.07) is -0.866. The third kappa shape index (κ3) is 2.16. The van der Waals surface area contributed by atoms with Gasteiger partial charge in [0.1, 0.15) is 18.2 Å². The van der Waals surface area contributed by atoms with Crippen molar-refractivity contribution in [2.75, 3.05) is 6.61 Å². The highest BCUT2D eigenvalue weighted by atomic mass is 16.6. The molecule has 76 valence electrons. The highest BCUT2D eigenvalue weighted by molar-refractivity contribution is 5.73. The normalized spacial score (nSPS) is 39.1. The minimum absolute atomic E-state index is 0.370. The maximum absolute atomic E-state index is 10.6. The van der Waals surface area contributed by atoms with E-state index in [1.165, 1.54) is 6.92 Å². The summed E-state index contributed by atoms with van der Waals surface area (Å²) >= 11 is 0. The van der Waals surface area contributed by atoms with Crippen LogP contribution >= 0.6 is 0 Å². The Morgan fingerprint density at radius 1 is 1.54 bits per heavy atom. The van der Waals surface area contributed by atoms with Crippen LogP contribution in [0.25, 0.3) is 0 Å². The number of hydrogen-bond donors (Lipinski definition) is 4. The van der Waals surface area contributed by atoms with Gasteiger partial charge in [0.05, 0.1) is 6.61 Å². The van der Waals surface area contributed by atoms with Gasteiger partial charge < -0.3 is 25.4 Å². The third-order valence-corrected chi connectivity index (χ3v) is 1.92. The Morgan fingerprint density at radius 3 is 2.54 bits per heavy atom. The molecule has 0 bridgehead atoms. The smallest absolute Gasteiger partial charge is 0.217 e. The zero-order valence-electron chi connectivity index (χ0n) is 7.17. The molecule has 1 rings (SSSR count). The highest BCUT2D eigenvalue weighted by Crippen LogP contribution is 2.18. The molecule has 0 saturated carbocycles. The van der Waals surface area contributed by atoms with Crippen molar-refractivity contribution in [3.05, 3.63) is 0 Å². The quantitative estimate of drug-likeness (QED) is 0.388. The molecule has 1 aliphatic heterocycles. The van der Waals surface area contributed by atoms with Crippen LogP contribution in [-0.4, -0.2) is 52.4 Å². The maximum atomic E-state index is 10.6. The summed E-state index contributed by atoms with van der Waals surface area (Å²) in [5.74, 6) is -0.370. The number of rotatable bonds is 2. The molecule has 1 amide bonds. The molecular formula is C7H13NO5. The number of carbonyl (C=O) groups is 1. The number of aliphatic hydroxyl groups is 3. The van der Waals surface area contributed by atoms with Crippen molar-refractivity contribution in [1.29, 1.82) is 0 Å². The molecule has 0 aromatic carbocycles. The average Bonchev–Trinajstić information content (AvgIpc) is 2.31. The number of aliphatic hydroxyl groups excluding tert-OH is 3. The maximum Gasteiger partial charge on any atom is 0.217 e. The first-order chi connectivity index (χ1) is 6.06. The standard InChI is InChI=1S/C7H13NO5/c1-3(10)8-5-6(11)4(2-9)13-7(5)12/h4-7,9,11-12H,2H2,1H3,(H,8,10)/t4-,5+,6-,7-/m1/s1. The predicted octanol–water partition coefficient (Wildman–Crippen LogP) is -2.44.